The first kappa shape index (κ1) is 15.7. The number of hydrogen-bond acceptors (Lipinski definition) is 4. The van der Waals surface area contributed by atoms with Gasteiger partial charge in [0, 0.05) is 38.3 Å². The van der Waals surface area contributed by atoms with E-state index in [0.717, 1.165) is 6.54 Å². The van der Waals surface area contributed by atoms with Gasteiger partial charge in [-0.3, -0.25) is 9.59 Å². The Bertz CT molecular complexity index is 483. The lowest BCUT2D eigenvalue weighted by Gasteiger charge is -2.23. The molecule has 0 radical (unpaired) electrons. The minimum Gasteiger partial charge on any atom is -0.378 e. The molecule has 1 atom stereocenters. The zero-order chi connectivity index (χ0) is 13.0. The molecule has 1 aromatic heterocycles. The molecule has 7 heteroatoms. The SMILES string of the molecule is Cl.Cn1cc(NC(=O)CC2COCCN2)ccc1=O. The smallest absolute Gasteiger partial charge is 0.250 e. The van der Waals surface area contributed by atoms with E-state index in [1.807, 2.05) is 0 Å². The number of carbonyl (C=O) groups is 1. The summed E-state index contributed by atoms with van der Waals surface area (Å²) in [6.45, 7) is 2.03. The van der Waals surface area contributed by atoms with Gasteiger partial charge in [0.2, 0.25) is 11.5 Å². The second-order valence-electron chi connectivity index (χ2n) is 4.35. The molecule has 1 aromatic rings. The number of anilines is 1. The van der Waals surface area contributed by atoms with Gasteiger partial charge in [-0.2, -0.15) is 0 Å². The van der Waals surface area contributed by atoms with Crippen LogP contribution >= 0.6 is 12.4 Å². The number of morpholine rings is 1. The van der Waals surface area contributed by atoms with E-state index in [2.05, 4.69) is 10.6 Å². The summed E-state index contributed by atoms with van der Waals surface area (Å²) >= 11 is 0. The molecule has 1 unspecified atom stereocenters. The van der Waals surface area contributed by atoms with Crippen LogP contribution in [0.3, 0.4) is 0 Å². The molecule has 1 fully saturated rings. The molecular weight excluding hydrogens is 270 g/mol. The average Bonchev–Trinajstić information content (AvgIpc) is 2.35. The fourth-order valence-corrected chi connectivity index (χ4v) is 1.85. The summed E-state index contributed by atoms with van der Waals surface area (Å²) < 4.78 is 6.71. The summed E-state index contributed by atoms with van der Waals surface area (Å²) in [5.74, 6) is -0.0864. The van der Waals surface area contributed by atoms with E-state index in [-0.39, 0.29) is 29.9 Å². The molecule has 6 nitrogen and oxygen atoms in total. The molecule has 0 aliphatic carbocycles. The van der Waals surface area contributed by atoms with Crippen molar-refractivity contribution in [2.45, 2.75) is 12.5 Å². The maximum Gasteiger partial charge on any atom is 0.250 e. The molecule has 2 N–H and O–H groups in total. The van der Waals surface area contributed by atoms with Gasteiger partial charge in [0.1, 0.15) is 0 Å². The highest BCUT2D eigenvalue weighted by Crippen LogP contribution is 2.05. The number of pyridine rings is 1. The van der Waals surface area contributed by atoms with E-state index in [0.29, 0.717) is 25.3 Å². The number of carbonyl (C=O) groups excluding carboxylic acids is 1. The molecule has 0 bridgehead atoms. The van der Waals surface area contributed by atoms with Crippen LogP contribution in [0, 0.1) is 0 Å². The molecule has 1 amide bonds. The van der Waals surface area contributed by atoms with Crippen LogP contribution < -0.4 is 16.2 Å². The molecule has 1 aliphatic rings. The summed E-state index contributed by atoms with van der Waals surface area (Å²) in [6, 6.07) is 3.09. The number of nitrogens with zero attached hydrogens (tertiary/aromatic N) is 1. The lowest BCUT2D eigenvalue weighted by Crippen LogP contribution is -2.43. The maximum absolute atomic E-state index is 11.8. The second kappa shape index (κ2) is 7.28. The number of halogens is 1. The number of hydrogen-bond donors (Lipinski definition) is 2. The first-order valence-electron chi connectivity index (χ1n) is 5.93. The Morgan fingerprint density at radius 1 is 1.58 bits per heavy atom. The minimum absolute atomic E-state index is 0. The first-order chi connectivity index (χ1) is 8.65. The molecule has 0 aromatic carbocycles. The molecule has 1 saturated heterocycles. The van der Waals surface area contributed by atoms with Crippen molar-refractivity contribution in [3.63, 3.8) is 0 Å². The minimum atomic E-state index is -0.102. The zero-order valence-corrected chi connectivity index (χ0v) is 11.5. The van der Waals surface area contributed by atoms with Gasteiger partial charge in [-0.1, -0.05) is 0 Å². The number of aryl methyl sites for hydroxylation is 1. The molecule has 106 valence electrons. The second-order valence-corrected chi connectivity index (χ2v) is 4.35. The van der Waals surface area contributed by atoms with Crippen molar-refractivity contribution >= 4 is 24.0 Å². The summed E-state index contributed by atoms with van der Waals surface area (Å²) in [5.41, 5.74) is 0.522. The quantitative estimate of drug-likeness (QED) is 0.829. The van der Waals surface area contributed by atoms with Crippen LogP contribution in [-0.4, -0.2) is 36.3 Å². The summed E-state index contributed by atoms with van der Waals surface area (Å²) in [5, 5.41) is 5.98. The van der Waals surface area contributed by atoms with E-state index in [9.17, 15) is 9.59 Å². The molecule has 2 heterocycles. The Morgan fingerprint density at radius 3 is 3.00 bits per heavy atom. The van der Waals surface area contributed by atoms with Gasteiger partial charge in [0.15, 0.2) is 0 Å². The van der Waals surface area contributed by atoms with Crippen LogP contribution in [-0.2, 0) is 16.6 Å². The Kier molecular flexibility index (Phi) is 6.01. The third-order valence-electron chi connectivity index (χ3n) is 2.80. The van der Waals surface area contributed by atoms with E-state index in [1.165, 1.54) is 10.6 Å². The van der Waals surface area contributed by atoms with Crippen molar-refractivity contribution < 1.29 is 9.53 Å². The predicted molar refractivity (Wildman–Crippen MR) is 74.8 cm³/mol. The lowest BCUT2D eigenvalue weighted by atomic mass is 10.2. The highest BCUT2D eigenvalue weighted by Gasteiger charge is 2.16. The van der Waals surface area contributed by atoms with E-state index < -0.39 is 0 Å². The monoisotopic (exact) mass is 287 g/mol. The van der Waals surface area contributed by atoms with Crippen molar-refractivity contribution in [3.05, 3.63) is 28.7 Å². The number of nitrogens with one attached hydrogen (secondary N) is 2. The van der Waals surface area contributed by atoms with Crippen LogP contribution in [0.25, 0.3) is 0 Å². The van der Waals surface area contributed by atoms with Crippen LogP contribution in [0.1, 0.15) is 6.42 Å². The van der Waals surface area contributed by atoms with Crippen molar-refractivity contribution in [2.75, 3.05) is 25.1 Å². The highest BCUT2D eigenvalue weighted by atomic mass is 35.5. The van der Waals surface area contributed by atoms with Gasteiger partial charge >= 0.3 is 0 Å². The van der Waals surface area contributed by atoms with Crippen LogP contribution in [0.5, 0.6) is 0 Å². The van der Waals surface area contributed by atoms with E-state index in [4.69, 9.17) is 4.74 Å². The van der Waals surface area contributed by atoms with Crippen LogP contribution in [0.4, 0.5) is 5.69 Å². The van der Waals surface area contributed by atoms with Crippen molar-refractivity contribution in [2.24, 2.45) is 7.05 Å². The van der Waals surface area contributed by atoms with Gasteiger partial charge in [0.05, 0.1) is 18.9 Å². The van der Waals surface area contributed by atoms with Gasteiger partial charge in [-0.05, 0) is 6.07 Å². The third kappa shape index (κ3) is 4.66. The topological polar surface area (TPSA) is 72.4 Å². The molecule has 2 rings (SSSR count). The van der Waals surface area contributed by atoms with Gasteiger partial charge < -0.3 is 19.9 Å². The third-order valence-corrected chi connectivity index (χ3v) is 2.80. The standard InChI is InChI=1S/C12H17N3O3.ClH/c1-15-7-9(2-3-12(15)17)14-11(16)6-10-8-18-5-4-13-10;/h2-3,7,10,13H,4-6,8H2,1H3,(H,14,16);1H. The Hall–Kier alpha value is -1.37. The van der Waals surface area contributed by atoms with Gasteiger partial charge in [-0.25, -0.2) is 0 Å². The van der Waals surface area contributed by atoms with Crippen LogP contribution in [0.2, 0.25) is 0 Å². The lowest BCUT2D eigenvalue weighted by molar-refractivity contribution is -0.117. The Morgan fingerprint density at radius 2 is 2.37 bits per heavy atom. The predicted octanol–water partition coefficient (Wildman–Crippen LogP) is 0.124. The highest BCUT2D eigenvalue weighted by molar-refractivity contribution is 5.90. The molecule has 0 spiro atoms. The number of aromatic nitrogens is 1. The molecular formula is C12H18ClN3O3. The summed E-state index contributed by atoms with van der Waals surface area (Å²) in [7, 11) is 1.65. The van der Waals surface area contributed by atoms with E-state index in [1.54, 1.807) is 19.3 Å². The maximum atomic E-state index is 11.8. The summed E-state index contributed by atoms with van der Waals surface area (Å²) in [6.07, 6.45) is 1.97. The zero-order valence-electron chi connectivity index (χ0n) is 10.7. The molecule has 1 aliphatic heterocycles. The first-order valence-corrected chi connectivity index (χ1v) is 5.93. The number of rotatable bonds is 3. The summed E-state index contributed by atoms with van der Waals surface area (Å²) in [4.78, 5) is 23.0. The number of ether oxygens (including phenoxy) is 1. The van der Waals surface area contributed by atoms with Crippen molar-refractivity contribution in [1.29, 1.82) is 0 Å². The normalized spacial score (nSPS) is 18.5. The van der Waals surface area contributed by atoms with E-state index >= 15 is 0 Å². The van der Waals surface area contributed by atoms with Gasteiger partial charge in [0.25, 0.3) is 0 Å². The Balaban J connectivity index is 0.00000180. The largest absolute Gasteiger partial charge is 0.378 e. The van der Waals surface area contributed by atoms with Crippen LogP contribution in [0.15, 0.2) is 23.1 Å². The Labute approximate surface area is 117 Å². The molecule has 19 heavy (non-hydrogen) atoms. The fraction of sp³-hybridized carbons (Fsp3) is 0.500. The van der Waals surface area contributed by atoms with Crippen molar-refractivity contribution in [1.82, 2.24) is 9.88 Å². The molecule has 0 saturated carbocycles. The average molecular weight is 288 g/mol. The fourth-order valence-electron chi connectivity index (χ4n) is 1.85. The van der Waals surface area contributed by atoms with Gasteiger partial charge in [-0.15, -0.1) is 12.4 Å². The van der Waals surface area contributed by atoms with Crippen molar-refractivity contribution in [3.8, 4) is 0 Å². The number of amides is 1.